The van der Waals surface area contributed by atoms with Gasteiger partial charge in [-0.2, -0.15) is 0 Å². The van der Waals surface area contributed by atoms with Gasteiger partial charge in [0.25, 0.3) is 5.91 Å². The van der Waals surface area contributed by atoms with Gasteiger partial charge in [0.05, 0.1) is 0 Å². The zero-order valence-electron chi connectivity index (χ0n) is 18.1. The number of carboxylic acid groups (broad SMARTS) is 1. The normalized spacial score (nSPS) is 16.7. The summed E-state index contributed by atoms with van der Waals surface area (Å²) in [4.78, 5) is 26.0. The van der Waals surface area contributed by atoms with E-state index in [1.54, 1.807) is 36.4 Å². The summed E-state index contributed by atoms with van der Waals surface area (Å²) in [7, 11) is 0. The van der Waals surface area contributed by atoms with Crippen LogP contribution in [0.1, 0.15) is 34.0 Å². The van der Waals surface area contributed by atoms with Crippen molar-refractivity contribution in [2.45, 2.75) is 31.9 Å². The first-order valence-electron chi connectivity index (χ1n) is 10.5. The van der Waals surface area contributed by atoms with Crippen LogP contribution in [-0.2, 0) is 24.2 Å². The van der Waals surface area contributed by atoms with Crippen molar-refractivity contribution in [2.75, 3.05) is 6.54 Å². The number of ether oxygens (including phenoxy) is 1. The van der Waals surface area contributed by atoms with E-state index in [2.05, 4.69) is 0 Å². The average Bonchev–Trinajstić information content (AvgIpc) is 3.07. The Morgan fingerprint density at radius 2 is 1.67 bits per heavy atom. The third-order valence-electron chi connectivity index (χ3n) is 5.57. The maximum atomic E-state index is 13.2. The van der Waals surface area contributed by atoms with Crippen LogP contribution in [0.25, 0.3) is 0 Å². The number of nitrogens with zero attached hydrogens (tertiary/aromatic N) is 1. The molecule has 3 aromatic rings. The van der Waals surface area contributed by atoms with Crippen LogP contribution >= 0.6 is 23.2 Å². The first kappa shape index (κ1) is 23.1. The molecule has 1 aliphatic heterocycles. The summed E-state index contributed by atoms with van der Waals surface area (Å²) >= 11 is 12.2. The van der Waals surface area contributed by atoms with Crippen LogP contribution in [0.2, 0.25) is 10.0 Å². The van der Waals surface area contributed by atoms with Crippen molar-refractivity contribution in [1.82, 2.24) is 4.90 Å². The smallest absolute Gasteiger partial charge is 0.323 e. The van der Waals surface area contributed by atoms with Gasteiger partial charge in [0.15, 0.2) is 0 Å². The summed E-state index contributed by atoms with van der Waals surface area (Å²) < 4.78 is 6.23. The molecule has 0 bridgehead atoms. The molecular formula is C26H23Cl2NO4. The number of hydrogen-bond acceptors (Lipinski definition) is 3. The fourth-order valence-electron chi connectivity index (χ4n) is 4.23. The van der Waals surface area contributed by atoms with E-state index < -0.39 is 18.1 Å². The van der Waals surface area contributed by atoms with Crippen LogP contribution in [0.5, 0.6) is 5.75 Å². The molecular weight excluding hydrogens is 461 g/mol. The van der Waals surface area contributed by atoms with Crippen molar-refractivity contribution >= 4 is 35.1 Å². The molecule has 0 aliphatic carbocycles. The molecule has 0 aromatic heterocycles. The lowest BCUT2D eigenvalue weighted by molar-refractivity contribution is -0.137. The van der Waals surface area contributed by atoms with E-state index in [0.717, 1.165) is 22.4 Å². The standard InChI is InChI=1S/C26H23Cl2NO4/c1-26(13-17-4-2-6-21(27)10-17)14-20-12-19(8-9-23(20)33-26)25(32)29(16-24(30)31)15-18-5-3-7-22(28)11-18/h2-12H,13-16H2,1H3,(H,30,31). The molecule has 1 unspecified atom stereocenters. The second-order valence-electron chi connectivity index (χ2n) is 8.54. The van der Waals surface area contributed by atoms with Gasteiger partial charge in [0.1, 0.15) is 17.9 Å². The third kappa shape index (κ3) is 5.67. The van der Waals surface area contributed by atoms with Crippen LogP contribution < -0.4 is 4.74 Å². The molecule has 1 amide bonds. The molecule has 0 radical (unpaired) electrons. The van der Waals surface area contributed by atoms with E-state index in [9.17, 15) is 14.7 Å². The highest BCUT2D eigenvalue weighted by atomic mass is 35.5. The Labute approximate surface area is 202 Å². The first-order chi connectivity index (χ1) is 15.7. The van der Waals surface area contributed by atoms with Crippen LogP contribution in [0.3, 0.4) is 0 Å². The van der Waals surface area contributed by atoms with Crippen LogP contribution in [0.4, 0.5) is 0 Å². The summed E-state index contributed by atoms with van der Waals surface area (Å²) in [6.45, 7) is 1.77. The minimum Gasteiger partial charge on any atom is -0.487 e. The summed E-state index contributed by atoms with van der Waals surface area (Å²) in [5, 5.41) is 10.6. The minimum atomic E-state index is -1.08. The number of carbonyl (C=O) groups excluding carboxylic acids is 1. The molecule has 4 rings (SSSR count). The Hall–Kier alpha value is -3.02. The van der Waals surface area contributed by atoms with Crippen LogP contribution in [-0.4, -0.2) is 34.0 Å². The molecule has 1 N–H and O–H groups in total. The number of fused-ring (bicyclic) bond motifs is 1. The van der Waals surface area contributed by atoms with Gasteiger partial charge in [-0.25, -0.2) is 0 Å². The lowest BCUT2D eigenvalue weighted by Crippen LogP contribution is -2.35. The summed E-state index contributed by atoms with van der Waals surface area (Å²) in [5.74, 6) is -0.705. The Kier molecular flexibility index (Phi) is 6.63. The Morgan fingerprint density at radius 1 is 1.00 bits per heavy atom. The molecule has 0 spiro atoms. The number of hydrogen-bond donors (Lipinski definition) is 1. The van der Waals surface area contributed by atoms with Crippen molar-refractivity contribution in [3.8, 4) is 5.75 Å². The lowest BCUT2D eigenvalue weighted by Gasteiger charge is -2.24. The van der Waals surface area contributed by atoms with Gasteiger partial charge in [-0.1, -0.05) is 47.5 Å². The topological polar surface area (TPSA) is 66.8 Å². The Bertz CT molecular complexity index is 1210. The van der Waals surface area contributed by atoms with Gasteiger partial charge in [0, 0.05) is 35.0 Å². The molecule has 1 atom stereocenters. The average molecular weight is 484 g/mol. The zero-order valence-corrected chi connectivity index (χ0v) is 19.6. The minimum absolute atomic E-state index is 0.145. The molecule has 0 saturated carbocycles. The maximum Gasteiger partial charge on any atom is 0.323 e. The number of aliphatic carboxylic acids is 1. The predicted octanol–water partition coefficient (Wildman–Crippen LogP) is 5.66. The summed E-state index contributed by atoms with van der Waals surface area (Å²) in [6.07, 6.45) is 1.30. The van der Waals surface area contributed by atoms with E-state index >= 15 is 0 Å². The van der Waals surface area contributed by atoms with Gasteiger partial charge in [-0.3, -0.25) is 9.59 Å². The number of carboxylic acids is 1. The van der Waals surface area contributed by atoms with Crippen molar-refractivity contribution in [1.29, 1.82) is 0 Å². The molecule has 0 fully saturated rings. The van der Waals surface area contributed by atoms with Crippen molar-refractivity contribution in [2.24, 2.45) is 0 Å². The van der Waals surface area contributed by atoms with Crippen molar-refractivity contribution in [3.63, 3.8) is 0 Å². The van der Waals surface area contributed by atoms with Gasteiger partial charge in [-0.05, 0) is 66.1 Å². The molecule has 5 nitrogen and oxygen atoms in total. The second-order valence-corrected chi connectivity index (χ2v) is 9.42. The molecule has 3 aromatic carbocycles. The molecule has 1 heterocycles. The molecule has 1 aliphatic rings. The van der Waals surface area contributed by atoms with Crippen LogP contribution in [0, 0.1) is 0 Å². The highest BCUT2D eigenvalue weighted by Gasteiger charge is 2.35. The second kappa shape index (κ2) is 9.46. The fourth-order valence-corrected chi connectivity index (χ4v) is 4.66. The Morgan fingerprint density at radius 3 is 2.33 bits per heavy atom. The monoisotopic (exact) mass is 483 g/mol. The fraction of sp³-hybridized carbons (Fsp3) is 0.231. The van der Waals surface area contributed by atoms with Gasteiger partial charge in [0.2, 0.25) is 0 Å². The van der Waals surface area contributed by atoms with Crippen molar-refractivity contribution < 1.29 is 19.4 Å². The summed E-state index contributed by atoms with van der Waals surface area (Å²) in [5.41, 5.74) is 2.71. The van der Waals surface area contributed by atoms with E-state index in [1.807, 2.05) is 37.3 Å². The van der Waals surface area contributed by atoms with E-state index in [1.165, 1.54) is 4.90 Å². The molecule has 7 heteroatoms. The van der Waals surface area contributed by atoms with Gasteiger partial charge < -0.3 is 14.7 Å². The van der Waals surface area contributed by atoms with Crippen LogP contribution in [0.15, 0.2) is 66.7 Å². The number of rotatable bonds is 7. The molecule has 33 heavy (non-hydrogen) atoms. The Balaban J connectivity index is 1.53. The zero-order chi connectivity index (χ0) is 23.6. The number of amides is 1. The van der Waals surface area contributed by atoms with E-state index in [-0.39, 0.29) is 12.5 Å². The number of halogens is 2. The van der Waals surface area contributed by atoms with Gasteiger partial charge in [-0.15, -0.1) is 0 Å². The van der Waals surface area contributed by atoms with E-state index in [0.29, 0.717) is 28.5 Å². The molecule has 170 valence electrons. The maximum absolute atomic E-state index is 13.2. The van der Waals surface area contributed by atoms with E-state index in [4.69, 9.17) is 27.9 Å². The largest absolute Gasteiger partial charge is 0.487 e. The van der Waals surface area contributed by atoms with Crippen molar-refractivity contribution in [3.05, 3.63) is 99.0 Å². The third-order valence-corrected chi connectivity index (χ3v) is 6.04. The number of carbonyl (C=O) groups is 2. The molecule has 0 saturated heterocycles. The number of benzene rings is 3. The highest BCUT2D eigenvalue weighted by molar-refractivity contribution is 6.30. The van der Waals surface area contributed by atoms with Gasteiger partial charge >= 0.3 is 5.97 Å². The first-order valence-corrected chi connectivity index (χ1v) is 11.3. The SMILES string of the molecule is CC1(Cc2cccc(Cl)c2)Cc2cc(C(=O)N(CC(=O)O)Cc3cccc(Cl)c3)ccc2O1. The quantitative estimate of drug-likeness (QED) is 0.470. The highest BCUT2D eigenvalue weighted by Crippen LogP contribution is 2.38. The predicted molar refractivity (Wildman–Crippen MR) is 128 cm³/mol. The summed E-state index contributed by atoms with van der Waals surface area (Å²) in [6, 6.07) is 20.0. The lowest BCUT2D eigenvalue weighted by atomic mass is 9.91.